The fourth-order valence-corrected chi connectivity index (χ4v) is 5.81. The second-order valence-electron chi connectivity index (χ2n) is 9.82. The second-order valence-corrected chi connectivity index (χ2v) is 10.3. The molecule has 0 radical (unpaired) electrons. The quantitative estimate of drug-likeness (QED) is 0.284. The topological polar surface area (TPSA) is 125 Å². The predicted molar refractivity (Wildman–Crippen MR) is 142 cm³/mol. The Morgan fingerprint density at radius 2 is 2.00 bits per heavy atom. The highest BCUT2D eigenvalue weighted by atomic mass is 35.5. The number of amides is 1. The lowest BCUT2D eigenvalue weighted by atomic mass is 9.98. The minimum atomic E-state index is -1.22. The van der Waals surface area contributed by atoms with Crippen molar-refractivity contribution in [2.24, 2.45) is 11.3 Å². The molecule has 0 aliphatic heterocycles. The first-order valence-corrected chi connectivity index (χ1v) is 12.8. The number of rotatable bonds is 5. The van der Waals surface area contributed by atoms with Crippen LogP contribution < -0.4 is 10.6 Å². The highest BCUT2D eigenvalue weighted by Crippen LogP contribution is 2.67. The maximum Gasteiger partial charge on any atom is 0.229 e. The standard InChI is InChI=1S/C28H24ClFN6O3/c1-31-27(39)28-12-19(28)22(23(37)24(28)38)36-14-33-21-25(32-13-16-3-2-4-17(29)11-16)34-20(35-26(21)36)10-7-15-5-8-18(30)9-6-15/h2-6,8-9,11,14,19,22-24,37-38H,12-13H2,1H3,(H,31,39)(H,32,34,35)/t19-,22-,23+,24+,28-/m1/s1. The number of fused-ring (bicyclic) bond motifs is 2. The lowest BCUT2D eigenvalue weighted by molar-refractivity contribution is -0.132. The van der Waals surface area contributed by atoms with E-state index in [9.17, 15) is 19.4 Å². The van der Waals surface area contributed by atoms with E-state index in [4.69, 9.17) is 11.6 Å². The van der Waals surface area contributed by atoms with E-state index in [0.717, 1.165) is 5.56 Å². The van der Waals surface area contributed by atoms with Crippen LogP contribution in [0.2, 0.25) is 5.02 Å². The lowest BCUT2D eigenvalue weighted by Crippen LogP contribution is -2.41. The van der Waals surface area contributed by atoms with E-state index in [1.54, 1.807) is 29.1 Å². The SMILES string of the molecule is CNC(=O)[C@]12C[C@@H]1[C@@H](n1cnc3c(NCc4cccc(Cl)c4)nc(C#Cc4ccc(F)cc4)nc31)[C@H](O)[C@@H]2O. The van der Waals surface area contributed by atoms with Crippen molar-refractivity contribution in [2.75, 3.05) is 12.4 Å². The van der Waals surface area contributed by atoms with E-state index in [2.05, 4.69) is 37.4 Å². The first kappa shape index (κ1) is 25.2. The van der Waals surface area contributed by atoms with Gasteiger partial charge in [-0.1, -0.05) is 29.7 Å². The molecule has 0 unspecified atom stereocenters. The van der Waals surface area contributed by atoms with Crippen molar-refractivity contribution in [3.8, 4) is 11.8 Å². The molecule has 0 saturated heterocycles. The molecule has 0 bridgehead atoms. The number of carbonyl (C=O) groups excluding carboxylic acids is 1. The molecule has 2 aromatic carbocycles. The van der Waals surface area contributed by atoms with Crippen molar-refractivity contribution >= 4 is 34.5 Å². The first-order chi connectivity index (χ1) is 18.8. The van der Waals surface area contributed by atoms with Gasteiger partial charge in [-0.15, -0.1) is 0 Å². The Morgan fingerprint density at radius 3 is 2.74 bits per heavy atom. The largest absolute Gasteiger partial charge is 0.389 e. The molecule has 5 atom stereocenters. The number of aromatic nitrogens is 4. The molecule has 2 fully saturated rings. The number of imidazole rings is 1. The Labute approximate surface area is 228 Å². The molecule has 1 amide bonds. The molecular weight excluding hydrogens is 523 g/mol. The first-order valence-electron chi connectivity index (χ1n) is 12.4. The van der Waals surface area contributed by atoms with Gasteiger partial charge >= 0.3 is 0 Å². The van der Waals surface area contributed by atoms with Crippen LogP contribution in [0, 0.1) is 29.0 Å². The van der Waals surface area contributed by atoms with Crippen LogP contribution in [-0.2, 0) is 11.3 Å². The number of carbonyl (C=O) groups is 1. The summed E-state index contributed by atoms with van der Waals surface area (Å²) in [6, 6.07) is 12.5. The molecule has 2 aliphatic rings. The Kier molecular flexibility index (Phi) is 6.22. The van der Waals surface area contributed by atoms with Crippen LogP contribution in [0.25, 0.3) is 11.2 Å². The Morgan fingerprint density at radius 1 is 1.21 bits per heavy atom. The summed E-state index contributed by atoms with van der Waals surface area (Å²) < 4.78 is 15.0. The monoisotopic (exact) mass is 546 g/mol. The van der Waals surface area contributed by atoms with Gasteiger partial charge in [0, 0.05) is 30.1 Å². The average Bonchev–Trinajstić information content (AvgIpc) is 3.47. The number of anilines is 1. The zero-order valence-electron chi connectivity index (χ0n) is 20.8. The number of benzene rings is 2. The van der Waals surface area contributed by atoms with E-state index in [1.807, 2.05) is 18.2 Å². The highest BCUT2D eigenvalue weighted by molar-refractivity contribution is 6.30. The van der Waals surface area contributed by atoms with Gasteiger partial charge in [-0.05, 0) is 54.3 Å². The molecule has 9 nitrogen and oxygen atoms in total. The highest BCUT2D eigenvalue weighted by Gasteiger charge is 2.75. The lowest BCUT2D eigenvalue weighted by Gasteiger charge is -2.23. The predicted octanol–water partition coefficient (Wildman–Crippen LogP) is 2.66. The van der Waals surface area contributed by atoms with Crippen molar-refractivity contribution in [3.63, 3.8) is 0 Å². The van der Waals surface area contributed by atoms with Gasteiger partial charge in [0.1, 0.15) is 11.9 Å². The molecule has 2 aromatic heterocycles. The summed E-state index contributed by atoms with van der Waals surface area (Å²) in [6.45, 7) is 0.400. The molecule has 2 heterocycles. The molecule has 39 heavy (non-hydrogen) atoms. The fourth-order valence-electron chi connectivity index (χ4n) is 5.59. The molecule has 2 aliphatic carbocycles. The zero-order valence-corrected chi connectivity index (χ0v) is 21.5. The third-order valence-electron chi connectivity index (χ3n) is 7.58. The molecular formula is C28H24ClFN6O3. The van der Waals surface area contributed by atoms with E-state index in [1.165, 1.54) is 19.2 Å². The number of hydrogen-bond donors (Lipinski definition) is 4. The number of hydrogen-bond acceptors (Lipinski definition) is 7. The molecule has 4 N–H and O–H groups in total. The maximum atomic E-state index is 13.3. The van der Waals surface area contributed by atoms with Gasteiger partial charge in [0.15, 0.2) is 17.0 Å². The van der Waals surface area contributed by atoms with E-state index >= 15 is 0 Å². The minimum Gasteiger partial charge on any atom is -0.389 e. The van der Waals surface area contributed by atoms with Gasteiger partial charge in [0.05, 0.1) is 23.9 Å². The van der Waals surface area contributed by atoms with Crippen LogP contribution in [0.1, 0.15) is 29.4 Å². The van der Waals surface area contributed by atoms with Crippen LogP contribution in [0.4, 0.5) is 10.2 Å². The van der Waals surface area contributed by atoms with Crippen molar-refractivity contribution in [2.45, 2.75) is 31.2 Å². The number of halogens is 2. The minimum absolute atomic E-state index is 0.184. The summed E-state index contributed by atoms with van der Waals surface area (Å²) in [5.41, 5.74) is 1.32. The van der Waals surface area contributed by atoms with Gasteiger partial charge in [-0.2, -0.15) is 0 Å². The van der Waals surface area contributed by atoms with Crippen LogP contribution in [0.3, 0.4) is 0 Å². The molecule has 0 spiro atoms. The summed E-state index contributed by atoms with van der Waals surface area (Å²) in [7, 11) is 1.52. The molecule has 6 rings (SSSR count). The number of nitrogens with zero attached hydrogens (tertiary/aromatic N) is 4. The average molecular weight is 547 g/mol. The second kappa shape index (κ2) is 9.61. The zero-order chi connectivity index (χ0) is 27.3. The normalized spacial score (nSPS) is 25.1. The van der Waals surface area contributed by atoms with E-state index < -0.39 is 23.7 Å². The van der Waals surface area contributed by atoms with Crippen LogP contribution in [0.15, 0.2) is 54.9 Å². The third-order valence-corrected chi connectivity index (χ3v) is 7.81. The van der Waals surface area contributed by atoms with Crippen molar-refractivity contribution in [1.29, 1.82) is 0 Å². The van der Waals surface area contributed by atoms with Gasteiger partial charge in [0.25, 0.3) is 0 Å². The van der Waals surface area contributed by atoms with Gasteiger partial charge in [-0.25, -0.2) is 19.3 Å². The molecule has 11 heteroatoms. The fraction of sp³-hybridized carbons (Fsp3) is 0.286. The van der Waals surface area contributed by atoms with Gasteiger partial charge in [-0.3, -0.25) is 4.79 Å². The van der Waals surface area contributed by atoms with Crippen LogP contribution >= 0.6 is 11.6 Å². The number of aliphatic hydroxyl groups is 2. The van der Waals surface area contributed by atoms with E-state index in [0.29, 0.717) is 40.5 Å². The number of nitrogens with one attached hydrogen (secondary N) is 2. The summed E-state index contributed by atoms with van der Waals surface area (Å²) in [5.74, 6) is 5.54. The maximum absolute atomic E-state index is 13.3. The summed E-state index contributed by atoms with van der Waals surface area (Å²) in [5, 5.41) is 28.3. The summed E-state index contributed by atoms with van der Waals surface area (Å²) in [6.07, 6.45) is -0.424. The Bertz CT molecular complexity index is 1650. The van der Waals surface area contributed by atoms with Crippen molar-refractivity contribution < 1.29 is 19.4 Å². The van der Waals surface area contributed by atoms with Gasteiger partial charge in [0.2, 0.25) is 11.7 Å². The van der Waals surface area contributed by atoms with Crippen LogP contribution in [0.5, 0.6) is 0 Å². The smallest absolute Gasteiger partial charge is 0.229 e. The van der Waals surface area contributed by atoms with Gasteiger partial charge < -0.3 is 25.4 Å². The summed E-state index contributed by atoms with van der Waals surface area (Å²) in [4.78, 5) is 26.3. The third kappa shape index (κ3) is 4.29. The Balaban J connectivity index is 1.41. The molecule has 2 saturated carbocycles. The van der Waals surface area contributed by atoms with Crippen LogP contribution in [-0.4, -0.2) is 54.9 Å². The molecule has 198 valence electrons. The van der Waals surface area contributed by atoms with E-state index in [-0.39, 0.29) is 23.5 Å². The van der Waals surface area contributed by atoms with Crippen molar-refractivity contribution in [1.82, 2.24) is 24.8 Å². The van der Waals surface area contributed by atoms with Crippen molar-refractivity contribution in [3.05, 3.63) is 82.6 Å². The summed E-state index contributed by atoms with van der Waals surface area (Å²) >= 11 is 6.14. The molecule has 4 aromatic rings. The Hall–Kier alpha value is -4.04. The number of aliphatic hydroxyl groups excluding tert-OH is 2.